The van der Waals surface area contributed by atoms with Gasteiger partial charge in [0, 0.05) is 0 Å². The highest BCUT2D eigenvalue weighted by atomic mass is 14.0. The van der Waals surface area contributed by atoms with Crippen LogP contribution in [-0.2, 0) is 6.42 Å². The van der Waals surface area contributed by atoms with E-state index in [1.54, 1.807) is 0 Å². The molecule has 0 aromatic heterocycles. The molecule has 0 radical (unpaired) electrons. The normalized spacial score (nSPS) is 7.27. The molecule has 0 spiro atoms. The molecule has 0 heteroatoms. The Kier molecular flexibility index (Phi) is 110. The maximum atomic E-state index is 2.24. The molecule has 0 heterocycles. The smallest absolute Gasteiger partial charge is 0.00258 e. The van der Waals surface area contributed by atoms with Gasteiger partial charge in [0.2, 0.25) is 0 Å². The zero-order valence-corrected chi connectivity index (χ0v) is 51.0. The molecule has 0 aliphatic carbocycles. The van der Waals surface area contributed by atoms with Crippen molar-refractivity contribution < 1.29 is 0 Å². The van der Waals surface area contributed by atoms with Crippen LogP contribution < -0.4 is 0 Å². The second-order valence-corrected chi connectivity index (χ2v) is 11.2. The van der Waals surface area contributed by atoms with Gasteiger partial charge in [-0.25, -0.2) is 0 Å². The highest BCUT2D eigenvalue weighted by Gasteiger charge is 1.96. The van der Waals surface area contributed by atoms with Crippen LogP contribution in [0.1, 0.15) is 214 Å². The fourth-order valence-electron chi connectivity index (χ4n) is 4.93. The van der Waals surface area contributed by atoms with Crippen molar-refractivity contribution >= 4 is 10.8 Å². The summed E-state index contributed by atoms with van der Waals surface area (Å²) in [4.78, 5) is 0. The lowest BCUT2D eigenvalue weighted by Gasteiger charge is -2.04. The first-order valence-electron chi connectivity index (χ1n) is 27.7. The van der Waals surface area contributed by atoms with E-state index >= 15 is 0 Å². The predicted molar refractivity (Wildman–Crippen MR) is 347 cm³/mol. The Balaban J connectivity index is -0.0000000653. The van der Waals surface area contributed by atoms with Crippen molar-refractivity contribution in [3.8, 4) is 11.1 Å². The van der Waals surface area contributed by atoms with Crippen LogP contribution in [0.5, 0.6) is 0 Å². The SMILES string of the molecule is C.C.CC.CC.CC.CC.CC.CC.CC.CC.CC.CC.CC.CC.Cc1cc(C)c(C)cc1C.c1ccc(-c2ccccc2)cc1.c1ccc(Cc2ccccc2)cc1.c1ccc2ccccc2c1. The van der Waals surface area contributed by atoms with E-state index in [1.165, 1.54) is 55.3 Å². The van der Waals surface area contributed by atoms with E-state index < -0.39 is 0 Å². The predicted octanol–water partition coefficient (Wildman–Crippen LogP) is 26.0. The molecule has 0 N–H and O–H groups in total. The highest BCUT2D eigenvalue weighted by Crippen LogP contribution is 2.17. The van der Waals surface area contributed by atoms with Crippen molar-refractivity contribution in [3.63, 3.8) is 0 Å². The first kappa shape index (κ1) is 92.0. The average molecular weight is 978 g/mol. The Labute approximate surface area is 450 Å². The molecule has 0 saturated heterocycles. The second-order valence-electron chi connectivity index (χ2n) is 11.2. The summed E-state index contributed by atoms with van der Waals surface area (Å²) in [6, 6.07) is 63.0. The van der Waals surface area contributed by atoms with Crippen molar-refractivity contribution in [2.75, 3.05) is 0 Å². The number of benzene rings is 7. The molecule has 0 fully saturated rings. The van der Waals surface area contributed by atoms with Gasteiger partial charge >= 0.3 is 0 Å². The number of hydrogen-bond donors (Lipinski definition) is 0. The lowest BCUT2D eigenvalue weighted by Crippen LogP contribution is -1.86. The first-order chi connectivity index (χ1) is 34.0. The van der Waals surface area contributed by atoms with Crippen LogP contribution in [0.2, 0.25) is 0 Å². The van der Waals surface area contributed by atoms with Crippen molar-refractivity contribution in [1.82, 2.24) is 0 Å². The minimum absolute atomic E-state index is 0. The van der Waals surface area contributed by atoms with Crippen LogP contribution in [0.3, 0.4) is 0 Å². The summed E-state index contributed by atoms with van der Waals surface area (Å²) in [5.74, 6) is 0. The third-order valence-electron chi connectivity index (χ3n) is 7.74. The summed E-state index contributed by atoms with van der Waals surface area (Å²) < 4.78 is 0. The summed E-state index contributed by atoms with van der Waals surface area (Å²) >= 11 is 0. The second kappa shape index (κ2) is 84.7. The third kappa shape index (κ3) is 54.0. The molecule has 7 aromatic carbocycles. The highest BCUT2D eigenvalue weighted by molar-refractivity contribution is 5.82. The van der Waals surface area contributed by atoms with Gasteiger partial charge in [-0.05, 0) is 89.4 Å². The standard InChI is InChI=1S/C13H12.C12H10.C10H8.C10H14.12C2H6.2CH4/c1-3-7-12(8-4-1)11-13-9-5-2-6-10-13;1-3-7-11(8-4-1)12-9-5-2-6-10-12;1-2-6-10-8-4-3-7-9(10)5-1;1-7-5-9(3)10(4)6-8(7)2;12*1-2;;/h1-10H,11H2;1-10H;1-8H;5-6H,1-4H3;12*1-2H3;2*1H4. The Hall–Kier alpha value is -5.20. The van der Waals surface area contributed by atoms with E-state index in [2.05, 4.69) is 198 Å². The minimum atomic E-state index is 0. The molecule has 408 valence electrons. The fraction of sp³-hybridized carbons (Fsp3) is 0.437. The summed E-state index contributed by atoms with van der Waals surface area (Å²) in [5, 5.41) is 2.62. The maximum absolute atomic E-state index is 2.24. The van der Waals surface area contributed by atoms with Crippen LogP contribution in [0.25, 0.3) is 21.9 Å². The lowest BCUT2D eigenvalue weighted by molar-refractivity contribution is 1.19. The van der Waals surface area contributed by atoms with Crippen LogP contribution >= 0.6 is 0 Å². The zero-order chi connectivity index (χ0) is 55.7. The van der Waals surface area contributed by atoms with E-state index in [0.717, 1.165) is 6.42 Å². The minimum Gasteiger partial charge on any atom is -0.0776 e. The fourth-order valence-corrected chi connectivity index (χ4v) is 4.93. The molecule has 0 bridgehead atoms. The molecule has 7 rings (SSSR count). The van der Waals surface area contributed by atoms with Crippen LogP contribution in [-0.4, -0.2) is 0 Å². The molecule has 0 saturated carbocycles. The van der Waals surface area contributed by atoms with E-state index in [1.807, 2.05) is 178 Å². The van der Waals surface area contributed by atoms with Gasteiger partial charge in [0.25, 0.3) is 0 Å². The Morgan fingerprint density at radius 3 is 0.549 bits per heavy atom. The number of aryl methyl sites for hydroxylation is 4. The number of fused-ring (bicyclic) bond motifs is 1. The summed E-state index contributed by atoms with van der Waals surface area (Å²) in [6.07, 6.45) is 1.03. The van der Waals surface area contributed by atoms with Crippen LogP contribution in [0, 0.1) is 27.7 Å². The summed E-state index contributed by atoms with van der Waals surface area (Å²) in [6.45, 7) is 56.6. The number of hydrogen-bond acceptors (Lipinski definition) is 0. The molecule has 0 amide bonds. The van der Waals surface area contributed by atoms with Crippen molar-refractivity contribution in [3.05, 3.63) is 215 Å². The van der Waals surface area contributed by atoms with Crippen molar-refractivity contribution in [2.45, 2.75) is 215 Å². The first-order valence-corrected chi connectivity index (χ1v) is 27.7. The summed E-state index contributed by atoms with van der Waals surface area (Å²) in [5.41, 5.74) is 10.9. The van der Waals surface area contributed by atoms with Gasteiger partial charge in [-0.15, -0.1) is 0 Å². The van der Waals surface area contributed by atoms with Gasteiger partial charge in [-0.1, -0.05) is 363 Å². The quantitative estimate of drug-likeness (QED) is 0.166. The van der Waals surface area contributed by atoms with Crippen molar-refractivity contribution in [1.29, 1.82) is 0 Å². The Bertz CT molecular complexity index is 1630. The lowest BCUT2D eigenvalue weighted by atomic mass is 10.0. The van der Waals surface area contributed by atoms with Crippen molar-refractivity contribution in [2.24, 2.45) is 0 Å². The largest absolute Gasteiger partial charge is 0.0776 e. The number of rotatable bonds is 3. The molecule has 0 aliphatic heterocycles. The van der Waals surface area contributed by atoms with Gasteiger partial charge in [-0.2, -0.15) is 0 Å². The topological polar surface area (TPSA) is 0 Å². The maximum Gasteiger partial charge on any atom is -0.00258 e. The van der Waals surface area contributed by atoms with Crippen LogP contribution in [0.4, 0.5) is 0 Å². The van der Waals surface area contributed by atoms with Gasteiger partial charge in [0.1, 0.15) is 0 Å². The Morgan fingerprint density at radius 1 is 0.211 bits per heavy atom. The molecular formula is C71H124. The van der Waals surface area contributed by atoms with Gasteiger partial charge in [-0.3, -0.25) is 0 Å². The molecule has 0 nitrogen and oxygen atoms in total. The third-order valence-corrected chi connectivity index (χ3v) is 7.74. The molecule has 7 aromatic rings. The van der Waals surface area contributed by atoms with Gasteiger partial charge in [0.05, 0.1) is 0 Å². The summed E-state index contributed by atoms with van der Waals surface area (Å²) in [7, 11) is 0. The molecule has 0 aliphatic rings. The molecule has 0 atom stereocenters. The van der Waals surface area contributed by atoms with E-state index in [4.69, 9.17) is 0 Å². The molecule has 0 unspecified atom stereocenters. The van der Waals surface area contributed by atoms with E-state index in [0.29, 0.717) is 0 Å². The average Bonchev–Trinajstić information content (AvgIpc) is 3.48. The zero-order valence-electron chi connectivity index (χ0n) is 51.0. The van der Waals surface area contributed by atoms with E-state index in [9.17, 15) is 0 Å². The van der Waals surface area contributed by atoms with E-state index in [-0.39, 0.29) is 14.9 Å². The molecular weight excluding hydrogens is 853 g/mol. The monoisotopic (exact) mass is 977 g/mol. The van der Waals surface area contributed by atoms with Crippen LogP contribution in [0.15, 0.2) is 182 Å². The molecule has 71 heavy (non-hydrogen) atoms. The van der Waals surface area contributed by atoms with Gasteiger partial charge < -0.3 is 0 Å². The Morgan fingerprint density at radius 2 is 0.366 bits per heavy atom. The van der Waals surface area contributed by atoms with Gasteiger partial charge in [0.15, 0.2) is 0 Å².